The van der Waals surface area contributed by atoms with Gasteiger partial charge in [-0.05, 0) is 23.8 Å². The van der Waals surface area contributed by atoms with Crippen LogP contribution in [0, 0.1) is 0 Å². The van der Waals surface area contributed by atoms with Crippen molar-refractivity contribution in [2.45, 2.75) is 19.4 Å². The first-order valence-corrected chi connectivity index (χ1v) is 7.95. The van der Waals surface area contributed by atoms with Gasteiger partial charge in [-0.3, -0.25) is 9.59 Å². The first-order valence-electron chi connectivity index (χ1n) is 7.95. The van der Waals surface area contributed by atoms with E-state index in [0.717, 1.165) is 16.5 Å². The van der Waals surface area contributed by atoms with E-state index in [0.29, 0.717) is 12.1 Å². The van der Waals surface area contributed by atoms with Gasteiger partial charge in [0.25, 0.3) is 0 Å². The van der Waals surface area contributed by atoms with Crippen molar-refractivity contribution in [1.82, 2.24) is 10.3 Å². The molecule has 128 valence electrons. The van der Waals surface area contributed by atoms with E-state index >= 15 is 0 Å². The molecule has 1 heterocycles. The Balaban J connectivity index is 1.81. The van der Waals surface area contributed by atoms with Crippen LogP contribution in [0.25, 0.3) is 10.9 Å². The molecule has 2 amide bonds. The minimum atomic E-state index is -0.723. The fraction of sp³-hybridized carbons (Fsp3) is 0.158. The maximum absolute atomic E-state index is 12.6. The first kappa shape index (κ1) is 16.6. The lowest BCUT2D eigenvalue weighted by molar-refractivity contribution is -0.125. The van der Waals surface area contributed by atoms with Crippen molar-refractivity contribution < 1.29 is 14.7 Å². The molecule has 0 fully saturated rings. The zero-order valence-corrected chi connectivity index (χ0v) is 13.7. The summed E-state index contributed by atoms with van der Waals surface area (Å²) in [5, 5.41) is 15.9. The van der Waals surface area contributed by atoms with E-state index in [-0.39, 0.29) is 17.6 Å². The number of para-hydroxylation sites is 1. The van der Waals surface area contributed by atoms with Gasteiger partial charge in [-0.1, -0.05) is 24.3 Å². The molecule has 4 N–H and O–H groups in total. The van der Waals surface area contributed by atoms with Gasteiger partial charge in [-0.2, -0.15) is 0 Å². The number of hydrogen-bond acceptors (Lipinski definition) is 3. The predicted octanol–water partition coefficient (Wildman–Crippen LogP) is 2.56. The van der Waals surface area contributed by atoms with Crippen molar-refractivity contribution in [2.24, 2.45) is 0 Å². The first-order chi connectivity index (χ1) is 12.0. The maximum Gasteiger partial charge on any atom is 0.247 e. The van der Waals surface area contributed by atoms with Gasteiger partial charge in [0.2, 0.25) is 11.8 Å². The number of carbonyl (C=O) groups is 2. The Morgan fingerprint density at radius 3 is 2.72 bits per heavy atom. The quantitative estimate of drug-likeness (QED) is 0.576. The monoisotopic (exact) mass is 337 g/mol. The Bertz CT molecular complexity index is 917. The van der Waals surface area contributed by atoms with Crippen molar-refractivity contribution in [3.05, 3.63) is 60.3 Å². The largest absolute Gasteiger partial charge is 0.508 e. The molecule has 0 aliphatic heterocycles. The Morgan fingerprint density at radius 2 is 1.96 bits per heavy atom. The molecule has 0 bridgehead atoms. The van der Waals surface area contributed by atoms with Gasteiger partial charge in [-0.15, -0.1) is 0 Å². The molecule has 0 saturated carbocycles. The van der Waals surface area contributed by atoms with Gasteiger partial charge >= 0.3 is 0 Å². The highest BCUT2D eigenvalue weighted by atomic mass is 16.3. The third-order valence-electron chi connectivity index (χ3n) is 3.91. The number of aromatic hydroxyl groups is 1. The Morgan fingerprint density at radius 1 is 1.16 bits per heavy atom. The van der Waals surface area contributed by atoms with Gasteiger partial charge in [0.15, 0.2) is 0 Å². The molecule has 3 aromatic rings. The van der Waals surface area contributed by atoms with E-state index in [9.17, 15) is 14.7 Å². The summed E-state index contributed by atoms with van der Waals surface area (Å²) in [6.45, 7) is 1.38. The molecule has 6 heteroatoms. The van der Waals surface area contributed by atoms with Gasteiger partial charge < -0.3 is 20.7 Å². The topological polar surface area (TPSA) is 94.2 Å². The second kappa shape index (κ2) is 7.09. The number of aromatic amines is 1. The Labute approximate surface area is 144 Å². The predicted molar refractivity (Wildman–Crippen MR) is 96.3 cm³/mol. The molecule has 0 spiro atoms. The number of phenols is 1. The Hall–Kier alpha value is -3.28. The summed E-state index contributed by atoms with van der Waals surface area (Å²) >= 11 is 0. The minimum absolute atomic E-state index is 0.0607. The SMILES string of the molecule is CC(=O)NC(Cc1c[nH]c2ccccc12)C(=O)Nc1cccc(O)c1. The number of phenolic OH excluding ortho intramolecular Hbond substituents is 1. The molecule has 0 saturated heterocycles. The average Bonchev–Trinajstić information content (AvgIpc) is 2.97. The molecular formula is C19H19N3O3. The van der Waals surface area contributed by atoms with Gasteiger partial charge in [0, 0.05) is 42.2 Å². The van der Waals surface area contributed by atoms with Gasteiger partial charge in [0.05, 0.1) is 0 Å². The fourth-order valence-corrected chi connectivity index (χ4v) is 2.79. The molecule has 0 aliphatic rings. The number of aromatic nitrogens is 1. The number of carbonyl (C=O) groups excluding carboxylic acids is 2. The van der Waals surface area contributed by atoms with Crippen LogP contribution in [0.3, 0.4) is 0 Å². The standard InChI is InChI=1S/C19H19N3O3/c1-12(23)21-18(19(25)22-14-5-4-6-15(24)10-14)9-13-11-20-17-8-3-2-7-16(13)17/h2-8,10-11,18,20,24H,9H2,1H3,(H,21,23)(H,22,25). The molecule has 1 atom stereocenters. The summed E-state index contributed by atoms with van der Waals surface area (Å²) < 4.78 is 0. The normalized spacial score (nSPS) is 11.9. The van der Waals surface area contributed by atoms with E-state index in [1.54, 1.807) is 12.1 Å². The van der Waals surface area contributed by atoms with Crippen molar-refractivity contribution in [3.8, 4) is 5.75 Å². The molecule has 3 rings (SSSR count). The molecule has 25 heavy (non-hydrogen) atoms. The second-order valence-electron chi connectivity index (χ2n) is 5.86. The van der Waals surface area contributed by atoms with Gasteiger partial charge in [0.1, 0.15) is 11.8 Å². The number of rotatable bonds is 5. The number of hydrogen-bond donors (Lipinski definition) is 4. The van der Waals surface area contributed by atoms with Crippen LogP contribution in [-0.2, 0) is 16.0 Å². The van der Waals surface area contributed by atoms with Crippen molar-refractivity contribution in [3.63, 3.8) is 0 Å². The van der Waals surface area contributed by atoms with Crippen LogP contribution in [0.4, 0.5) is 5.69 Å². The maximum atomic E-state index is 12.6. The van der Waals surface area contributed by atoms with Crippen molar-refractivity contribution in [2.75, 3.05) is 5.32 Å². The lowest BCUT2D eigenvalue weighted by atomic mass is 10.0. The molecule has 6 nitrogen and oxygen atoms in total. The average molecular weight is 337 g/mol. The molecular weight excluding hydrogens is 318 g/mol. The zero-order chi connectivity index (χ0) is 17.8. The third kappa shape index (κ3) is 3.98. The molecule has 1 unspecified atom stereocenters. The van der Waals surface area contributed by atoms with Crippen LogP contribution in [-0.4, -0.2) is 27.9 Å². The van der Waals surface area contributed by atoms with Crippen LogP contribution in [0.1, 0.15) is 12.5 Å². The lowest BCUT2D eigenvalue weighted by Crippen LogP contribution is -2.44. The molecule has 2 aromatic carbocycles. The van der Waals surface area contributed by atoms with Crippen LogP contribution in [0.15, 0.2) is 54.7 Å². The lowest BCUT2D eigenvalue weighted by Gasteiger charge is -2.17. The molecule has 0 radical (unpaired) electrons. The smallest absolute Gasteiger partial charge is 0.247 e. The summed E-state index contributed by atoms with van der Waals surface area (Å²) in [5.74, 6) is -0.563. The van der Waals surface area contributed by atoms with Crippen LogP contribution in [0.5, 0.6) is 5.75 Å². The van der Waals surface area contributed by atoms with Gasteiger partial charge in [-0.25, -0.2) is 0 Å². The van der Waals surface area contributed by atoms with E-state index in [2.05, 4.69) is 15.6 Å². The third-order valence-corrected chi connectivity index (χ3v) is 3.91. The van der Waals surface area contributed by atoms with Crippen molar-refractivity contribution >= 4 is 28.4 Å². The van der Waals surface area contributed by atoms with Crippen LogP contribution < -0.4 is 10.6 Å². The number of H-pyrrole nitrogens is 1. The minimum Gasteiger partial charge on any atom is -0.508 e. The number of fused-ring (bicyclic) bond motifs is 1. The summed E-state index contributed by atoms with van der Waals surface area (Å²) in [5.41, 5.74) is 2.40. The number of anilines is 1. The number of benzene rings is 2. The van der Waals surface area contributed by atoms with E-state index in [1.807, 2.05) is 30.5 Å². The second-order valence-corrected chi connectivity index (χ2v) is 5.86. The molecule has 1 aromatic heterocycles. The van der Waals surface area contributed by atoms with Crippen LogP contribution >= 0.6 is 0 Å². The van der Waals surface area contributed by atoms with E-state index in [4.69, 9.17) is 0 Å². The Kier molecular flexibility index (Phi) is 4.70. The van der Waals surface area contributed by atoms with Crippen LogP contribution in [0.2, 0.25) is 0 Å². The highest BCUT2D eigenvalue weighted by Crippen LogP contribution is 2.20. The van der Waals surface area contributed by atoms with Crippen molar-refractivity contribution in [1.29, 1.82) is 0 Å². The summed E-state index contributed by atoms with van der Waals surface area (Å²) in [6, 6.07) is 13.4. The highest BCUT2D eigenvalue weighted by molar-refractivity contribution is 5.97. The molecule has 0 aliphatic carbocycles. The summed E-state index contributed by atoms with van der Waals surface area (Å²) in [6.07, 6.45) is 2.20. The summed E-state index contributed by atoms with van der Waals surface area (Å²) in [4.78, 5) is 27.3. The van der Waals surface area contributed by atoms with E-state index < -0.39 is 6.04 Å². The fourth-order valence-electron chi connectivity index (χ4n) is 2.79. The highest BCUT2D eigenvalue weighted by Gasteiger charge is 2.21. The zero-order valence-electron chi connectivity index (χ0n) is 13.7. The van der Waals surface area contributed by atoms with E-state index in [1.165, 1.54) is 19.1 Å². The number of amides is 2. The number of nitrogens with one attached hydrogen (secondary N) is 3. The summed E-state index contributed by atoms with van der Waals surface area (Å²) in [7, 11) is 0.